The summed E-state index contributed by atoms with van der Waals surface area (Å²) in [5.74, 6) is 2.44. The highest BCUT2D eigenvalue weighted by Gasteiger charge is 2.57. The highest BCUT2D eigenvalue weighted by molar-refractivity contribution is 5.80. The fourth-order valence-corrected chi connectivity index (χ4v) is 4.54. The van der Waals surface area contributed by atoms with Gasteiger partial charge in [0.25, 0.3) is 0 Å². The molecule has 1 saturated carbocycles. The van der Waals surface area contributed by atoms with Crippen LogP contribution in [0.5, 0.6) is 0 Å². The number of methoxy groups -OCH3 is 1. The predicted octanol–water partition coefficient (Wildman–Crippen LogP) is 3.44. The van der Waals surface area contributed by atoms with Gasteiger partial charge in [-0.05, 0) is 47.6 Å². The summed E-state index contributed by atoms with van der Waals surface area (Å²) in [7, 11) is 1.34. The fraction of sp³-hybridized carbons (Fsp3) is 0.636. The Morgan fingerprint density at radius 2 is 1.96 bits per heavy atom. The van der Waals surface area contributed by atoms with Gasteiger partial charge in [0.05, 0.1) is 13.0 Å². The fourth-order valence-electron chi connectivity index (χ4n) is 4.54. The number of carbonyl (C=O) groups excluding carboxylic acids is 2. The van der Waals surface area contributed by atoms with Crippen LogP contribution >= 0.6 is 0 Å². The molecular weight excluding hydrogens is 340 g/mol. The molecule has 1 aliphatic heterocycles. The molecule has 3 unspecified atom stereocenters. The number of benzene rings is 1. The maximum absolute atomic E-state index is 12.8. The van der Waals surface area contributed by atoms with Crippen molar-refractivity contribution in [3.63, 3.8) is 0 Å². The quantitative estimate of drug-likeness (QED) is 0.798. The first-order chi connectivity index (χ1) is 12.9. The number of hydrogen-bond acceptors (Lipinski definition) is 3. The second kappa shape index (κ2) is 8.32. The smallest absolute Gasteiger partial charge is 0.406 e. The molecule has 0 aromatic heterocycles. The second-order valence-electron chi connectivity index (χ2n) is 8.42. The molecule has 2 aliphatic rings. The van der Waals surface area contributed by atoms with Crippen molar-refractivity contribution in [2.45, 2.75) is 39.5 Å². The van der Waals surface area contributed by atoms with Crippen LogP contribution in [0.1, 0.15) is 44.2 Å². The maximum atomic E-state index is 12.8. The molecule has 0 spiro atoms. The number of fused-ring (bicyclic) bond motifs is 1. The van der Waals surface area contributed by atoms with E-state index in [-0.39, 0.29) is 11.8 Å². The number of piperidine rings is 1. The summed E-state index contributed by atoms with van der Waals surface area (Å²) in [5.41, 5.74) is 2.86. The van der Waals surface area contributed by atoms with Gasteiger partial charge in [0.1, 0.15) is 0 Å². The normalized spacial score (nSPS) is 24.5. The van der Waals surface area contributed by atoms with Crippen molar-refractivity contribution >= 4 is 12.0 Å². The maximum Gasteiger partial charge on any atom is 0.406 e. The van der Waals surface area contributed by atoms with Crippen molar-refractivity contribution in [1.29, 1.82) is 0 Å². The Balaban J connectivity index is 1.54. The van der Waals surface area contributed by atoms with E-state index in [1.165, 1.54) is 18.2 Å². The lowest BCUT2D eigenvalue weighted by atomic mass is 9.98. The van der Waals surface area contributed by atoms with Crippen molar-refractivity contribution in [3.05, 3.63) is 35.4 Å². The minimum Gasteiger partial charge on any atom is -0.453 e. The minimum absolute atomic E-state index is 0.161. The average molecular weight is 373 g/mol. The molecule has 5 heteroatoms. The zero-order valence-corrected chi connectivity index (χ0v) is 16.9. The van der Waals surface area contributed by atoms with E-state index in [0.29, 0.717) is 30.2 Å². The van der Waals surface area contributed by atoms with Crippen LogP contribution in [0, 0.1) is 23.7 Å². The summed E-state index contributed by atoms with van der Waals surface area (Å²) >= 11 is 0. The van der Waals surface area contributed by atoms with E-state index in [1.54, 1.807) is 0 Å². The van der Waals surface area contributed by atoms with Crippen LogP contribution in [0.25, 0.3) is 0 Å². The Labute approximate surface area is 162 Å². The molecule has 1 aliphatic carbocycles. The SMILES string of the molecule is CCC(CNC(=O)OC)C(=O)N1CC2C(C1)C2c1cccc(CC(C)C)c1. The van der Waals surface area contributed by atoms with Gasteiger partial charge in [0, 0.05) is 19.6 Å². The Kier molecular flexibility index (Phi) is 6.08. The van der Waals surface area contributed by atoms with Gasteiger partial charge < -0.3 is 15.0 Å². The molecule has 1 saturated heterocycles. The summed E-state index contributed by atoms with van der Waals surface area (Å²) in [4.78, 5) is 26.1. The van der Waals surface area contributed by atoms with Crippen LogP contribution in [-0.4, -0.2) is 43.6 Å². The van der Waals surface area contributed by atoms with Gasteiger partial charge in [-0.2, -0.15) is 0 Å². The monoisotopic (exact) mass is 372 g/mol. The standard InChI is InChI=1S/C22H32N2O3/c1-5-16(11-23-22(26)27-4)21(25)24-12-18-19(13-24)20(18)17-8-6-7-15(10-17)9-14(2)3/h6-8,10,14,16,18-20H,5,9,11-13H2,1-4H3,(H,23,26). The van der Waals surface area contributed by atoms with Gasteiger partial charge in [-0.3, -0.25) is 4.79 Å². The molecule has 0 bridgehead atoms. The Morgan fingerprint density at radius 3 is 2.56 bits per heavy atom. The number of nitrogens with one attached hydrogen (secondary N) is 1. The van der Waals surface area contributed by atoms with E-state index in [4.69, 9.17) is 0 Å². The van der Waals surface area contributed by atoms with Gasteiger partial charge in [-0.25, -0.2) is 4.79 Å². The van der Waals surface area contributed by atoms with Crippen molar-refractivity contribution in [2.75, 3.05) is 26.7 Å². The molecule has 1 heterocycles. The third kappa shape index (κ3) is 4.45. The van der Waals surface area contributed by atoms with Gasteiger partial charge in [-0.1, -0.05) is 45.0 Å². The molecule has 1 aromatic rings. The first-order valence-electron chi connectivity index (χ1n) is 10.1. The molecule has 3 rings (SSSR count). The Hall–Kier alpha value is -2.04. The van der Waals surface area contributed by atoms with E-state index < -0.39 is 6.09 Å². The first-order valence-corrected chi connectivity index (χ1v) is 10.1. The molecule has 148 valence electrons. The highest BCUT2D eigenvalue weighted by atomic mass is 16.5. The summed E-state index contributed by atoms with van der Waals surface area (Å²) in [6, 6.07) is 9.01. The largest absolute Gasteiger partial charge is 0.453 e. The lowest BCUT2D eigenvalue weighted by Crippen LogP contribution is -2.41. The van der Waals surface area contributed by atoms with Gasteiger partial charge in [-0.15, -0.1) is 0 Å². The molecule has 2 fully saturated rings. The van der Waals surface area contributed by atoms with E-state index in [1.807, 2.05) is 11.8 Å². The molecule has 1 aromatic carbocycles. The van der Waals surface area contributed by atoms with Crippen LogP contribution in [0.3, 0.4) is 0 Å². The van der Waals surface area contributed by atoms with E-state index in [0.717, 1.165) is 25.9 Å². The summed E-state index contributed by atoms with van der Waals surface area (Å²) in [6.07, 6.45) is 1.35. The summed E-state index contributed by atoms with van der Waals surface area (Å²) in [6.45, 7) is 8.52. The van der Waals surface area contributed by atoms with Crippen molar-refractivity contribution in [1.82, 2.24) is 10.2 Å². The number of ether oxygens (including phenoxy) is 1. The Bertz CT molecular complexity index is 676. The van der Waals surface area contributed by atoms with Crippen LogP contribution in [0.2, 0.25) is 0 Å². The number of carbonyl (C=O) groups is 2. The van der Waals surface area contributed by atoms with Crippen molar-refractivity contribution in [3.8, 4) is 0 Å². The van der Waals surface area contributed by atoms with Crippen LogP contribution in [0.15, 0.2) is 24.3 Å². The van der Waals surface area contributed by atoms with Crippen LogP contribution in [0.4, 0.5) is 4.79 Å². The number of likely N-dealkylation sites (tertiary alicyclic amines) is 1. The number of nitrogens with zero attached hydrogens (tertiary/aromatic N) is 1. The van der Waals surface area contributed by atoms with E-state index in [9.17, 15) is 9.59 Å². The van der Waals surface area contributed by atoms with Crippen LogP contribution in [-0.2, 0) is 16.0 Å². The first kappa shape index (κ1) is 19.7. The molecule has 5 nitrogen and oxygen atoms in total. The topological polar surface area (TPSA) is 58.6 Å². The molecular formula is C22H32N2O3. The molecule has 0 radical (unpaired) electrons. The molecule has 1 N–H and O–H groups in total. The van der Waals surface area contributed by atoms with Crippen LogP contribution < -0.4 is 5.32 Å². The average Bonchev–Trinajstić information content (AvgIpc) is 3.15. The number of hydrogen-bond donors (Lipinski definition) is 1. The van der Waals surface area contributed by atoms with Gasteiger partial charge >= 0.3 is 6.09 Å². The summed E-state index contributed by atoms with van der Waals surface area (Å²) in [5, 5.41) is 2.66. The number of rotatable bonds is 7. The second-order valence-corrected chi connectivity index (χ2v) is 8.42. The Morgan fingerprint density at radius 1 is 1.26 bits per heavy atom. The third-order valence-electron chi connectivity index (χ3n) is 6.01. The van der Waals surface area contributed by atoms with Gasteiger partial charge in [0.2, 0.25) is 5.91 Å². The van der Waals surface area contributed by atoms with Gasteiger partial charge in [0.15, 0.2) is 0 Å². The zero-order valence-electron chi connectivity index (χ0n) is 16.9. The van der Waals surface area contributed by atoms with E-state index in [2.05, 4.69) is 48.2 Å². The van der Waals surface area contributed by atoms with Crippen molar-refractivity contribution in [2.24, 2.45) is 23.7 Å². The zero-order chi connectivity index (χ0) is 19.6. The lowest BCUT2D eigenvalue weighted by Gasteiger charge is -2.25. The van der Waals surface area contributed by atoms with E-state index >= 15 is 0 Å². The van der Waals surface area contributed by atoms with Crippen molar-refractivity contribution < 1.29 is 14.3 Å². The highest BCUT2D eigenvalue weighted by Crippen LogP contribution is 2.58. The number of amides is 2. The molecule has 3 atom stereocenters. The minimum atomic E-state index is -0.480. The summed E-state index contributed by atoms with van der Waals surface area (Å²) < 4.78 is 4.60. The lowest BCUT2D eigenvalue weighted by molar-refractivity contribution is -0.135. The number of alkyl carbamates (subject to hydrolysis) is 1. The third-order valence-corrected chi connectivity index (χ3v) is 6.01. The molecule has 27 heavy (non-hydrogen) atoms. The molecule has 2 amide bonds. The predicted molar refractivity (Wildman–Crippen MR) is 105 cm³/mol.